The first kappa shape index (κ1) is 74.8. The van der Waals surface area contributed by atoms with Crippen molar-refractivity contribution in [2.45, 2.75) is 0 Å². The van der Waals surface area contributed by atoms with E-state index in [1.807, 2.05) is 97.6 Å². The number of para-hydroxylation sites is 7. The molecule has 0 atom stereocenters. The number of hydrogen-bond donors (Lipinski definition) is 0. The van der Waals surface area contributed by atoms with Crippen LogP contribution in [0.15, 0.2) is 462 Å². The summed E-state index contributed by atoms with van der Waals surface area (Å²) in [5, 5.41) is 14.4. The second-order valence-electron chi connectivity index (χ2n) is 32.8. The number of fused-ring (bicyclic) bond motifs is 19. The van der Waals surface area contributed by atoms with Crippen molar-refractivity contribution in [3.63, 3.8) is 0 Å². The molecule has 0 aliphatic heterocycles. The highest BCUT2D eigenvalue weighted by atomic mass is 15.2. The smallest absolute Gasteiger partial charge is 0.238 e. The minimum atomic E-state index is 0.573. The maximum atomic E-state index is 5.13. The molecule has 10 aromatic heterocycles. The summed E-state index contributed by atoms with van der Waals surface area (Å²) in [5.41, 5.74) is 30.4. The lowest BCUT2D eigenvalue weighted by atomic mass is 9.95. The first-order valence-electron chi connectivity index (χ1n) is 43.9. The van der Waals surface area contributed by atoms with Crippen LogP contribution in [0.3, 0.4) is 0 Å². The first-order chi connectivity index (χ1) is 64.6. The molecule has 0 saturated carbocycles. The lowest BCUT2D eigenvalue weighted by Gasteiger charge is -2.11. The molecule has 0 aliphatic rings. The van der Waals surface area contributed by atoms with E-state index in [-0.39, 0.29) is 0 Å². The molecule has 0 unspecified atom stereocenters. The molecule has 0 saturated heterocycles. The van der Waals surface area contributed by atoms with Gasteiger partial charge in [0.25, 0.3) is 0 Å². The summed E-state index contributed by atoms with van der Waals surface area (Å²) in [5.74, 6) is 1.83. The van der Waals surface area contributed by atoms with Gasteiger partial charge in [-0.2, -0.15) is 9.97 Å². The molecule has 0 amide bonds. The Morgan fingerprint density at radius 2 is 0.477 bits per heavy atom. The van der Waals surface area contributed by atoms with E-state index < -0.39 is 0 Å². The molecular weight excluding hydrogens is 1590 g/mol. The van der Waals surface area contributed by atoms with Crippen molar-refractivity contribution in [1.82, 2.24) is 57.3 Å². The molecule has 12 nitrogen and oxygen atoms in total. The number of hydrogen-bond acceptors (Lipinski definition) is 6. The average Bonchev–Trinajstić information content (AvgIpc) is 1.57. The molecular formula is C118H76N12. The van der Waals surface area contributed by atoms with Crippen LogP contribution >= 0.6 is 0 Å². The predicted molar refractivity (Wildman–Crippen MR) is 537 cm³/mol. The highest BCUT2D eigenvalue weighted by Crippen LogP contribution is 2.49. The number of pyridine rings is 3. The second kappa shape index (κ2) is 31.2. The van der Waals surface area contributed by atoms with Gasteiger partial charge in [-0.3, -0.25) is 19.5 Å². The maximum Gasteiger partial charge on any atom is 0.238 e. The first-order valence-corrected chi connectivity index (χ1v) is 43.9. The van der Waals surface area contributed by atoms with E-state index >= 15 is 0 Å². The van der Waals surface area contributed by atoms with Crippen LogP contribution in [-0.4, -0.2) is 57.3 Å². The summed E-state index contributed by atoms with van der Waals surface area (Å²) < 4.78 is 14.0. The molecule has 0 bridgehead atoms. The average molecular weight is 1660 g/mol. The van der Waals surface area contributed by atoms with Gasteiger partial charge in [-0.05, 0) is 190 Å². The van der Waals surface area contributed by atoms with Crippen molar-refractivity contribution < 1.29 is 0 Å². The van der Waals surface area contributed by atoms with Gasteiger partial charge in [0.2, 0.25) is 5.95 Å². The number of rotatable bonds is 11. The van der Waals surface area contributed by atoms with Crippen LogP contribution < -0.4 is 0 Å². The van der Waals surface area contributed by atoms with Crippen molar-refractivity contribution in [2.24, 2.45) is 0 Å². The number of nitrogens with zero attached hydrogens (tertiary/aromatic N) is 12. The van der Waals surface area contributed by atoms with E-state index in [0.29, 0.717) is 17.6 Å². The van der Waals surface area contributed by atoms with Crippen LogP contribution in [0, 0.1) is 0 Å². The molecule has 0 fully saturated rings. The summed E-state index contributed by atoms with van der Waals surface area (Å²) in [4.78, 5) is 29.7. The van der Waals surface area contributed by atoms with Crippen molar-refractivity contribution >= 4 is 142 Å². The summed E-state index contributed by atoms with van der Waals surface area (Å²) in [7, 11) is 0. The number of benzene rings is 17. The molecule has 0 spiro atoms. The van der Waals surface area contributed by atoms with Crippen LogP contribution in [0.5, 0.6) is 0 Å². The Labute approximate surface area is 746 Å². The summed E-state index contributed by atoms with van der Waals surface area (Å²) in [6.07, 6.45) is 7.66. The lowest BCUT2D eigenvalue weighted by Crippen LogP contribution is -2.06. The van der Waals surface area contributed by atoms with Gasteiger partial charge >= 0.3 is 0 Å². The molecule has 608 valence electrons. The predicted octanol–water partition coefficient (Wildman–Crippen LogP) is 29.5. The van der Waals surface area contributed by atoms with Gasteiger partial charge in [-0.1, -0.05) is 291 Å². The number of aromatic nitrogens is 12. The van der Waals surface area contributed by atoms with E-state index in [1.54, 1.807) is 0 Å². The molecule has 130 heavy (non-hydrogen) atoms. The van der Waals surface area contributed by atoms with Crippen LogP contribution in [0.25, 0.3) is 232 Å². The zero-order chi connectivity index (χ0) is 85.7. The van der Waals surface area contributed by atoms with Crippen molar-refractivity contribution in [2.75, 3.05) is 0 Å². The molecule has 0 aliphatic carbocycles. The standard InChI is InChI=1S/C44H28N6.C39H25N3.C35H23N3/c1-4-14-29(15-5-1)42-46-43(30-16-6-2-7-17-30)48-44(47-42)50-36-23-11-10-20-34(36)40-32(21-13-25-39(40)50)33-22-12-24-38-41(33)35-28-45-27-26-37(35)49(38)31-18-8-3-9-19-31;1-2-13-28(14-3-1)41-35-20-9-17-31(38(35)39-36(41)21-10-24-40-39)30-16-8-19-34-37(30)32-15-6-7-18-33(32)42(34)29-23-22-26-11-4-5-12-27(26)25-29;1-3-12-24(13-4-1)37-29-19-8-7-16-28(29)33-26(17-9-20-30(33)37)27-18-10-21-31-34(27)35-32(22-11-23-36-35)38(31)25-14-5-2-6-15-25/h1-28H;1-25H;1-23H. The molecule has 27 rings (SSSR count). The third-order valence-corrected chi connectivity index (χ3v) is 25.6. The zero-order valence-electron chi connectivity index (χ0n) is 70.2. The molecule has 12 heteroatoms. The lowest BCUT2D eigenvalue weighted by molar-refractivity contribution is 0.953. The highest BCUT2D eigenvalue weighted by molar-refractivity contribution is 6.25. The maximum absolute atomic E-state index is 5.13. The topological polar surface area (TPSA) is 107 Å². The third kappa shape index (κ3) is 12.2. The summed E-state index contributed by atoms with van der Waals surface area (Å²) in [6.45, 7) is 0. The van der Waals surface area contributed by atoms with Crippen molar-refractivity contribution in [1.29, 1.82) is 0 Å². The van der Waals surface area contributed by atoms with Crippen molar-refractivity contribution in [3.8, 4) is 90.5 Å². The van der Waals surface area contributed by atoms with Crippen LogP contribution in [0.1, 0.15) is 0 Å². The minimum Gasteiger partial charge on any atom is -0.309 e. The minimum absolute atomic E-state index is 0.573. The molecule has 27 aromatic rings. The van der Waals surface area contributed by atoms with E-state index in [2.05, 4.69) is 396 Å². The van der Waals surface area contributed by atoms with E-state index in [1.165, 1.54) is 92.8 Å². The zero-order valence-corrected chi connectivity index (χ0v) is 70.2. The van der Waals surface area contributed by atoms with E-state index in [0.717, 1.165) is 122 Å². The fraction of sp³-hybridized carbons (Fsp3) is 0. The Morgan fingerprint density at radius 1 is 0.177 bits per heavy atom. The Morgan fingerprint density at radius 3 is 0.892 bits per heavy atom. The quantitative estimate of drug-likeness (QED) is 0.128. The Kier molecular flexibility index (Phi) is 18.0. The van der Waals surface area contributed by atoms with Gasteiger partial charge in [0.1, 0.15) is 0 Å². The second-order valence-corrected chi connectivity index (χ2v) is 32.8. The Bertz CT molecular complexity index is 8890. The van der Waals surface area contributed by atoms with Crippen LogP contribution in [0.4, 0.5) is 0 Å². The molecule has 0 radical (unpaired) electrons. The van der Waals surface area contributed by atoms with Gasteiger partial charge in [0.05, 0.1) is 77.2 Å². The van der Waals surface area contributed by atoms with Crippen LogP contribution in [-0.2, 0) is 0 Å². The SMILES string of the molecule is c1ccc(-c2nc(-c3ccccc3)nc(-n3c4ccccc4c4c(-c5cccc6c5c5cnccc5n6-c5ccccc5)cccc43)n2)cc1.c1ccc(-n2c3ccccc3c3c(-c4cccc5c4c4ncccc4n5-c4ccccc4)cccc32)cc1.c1ccc(-n2c3cccnc3c3c(-c4cccc5c4c4ccccc4n5-c4ccc5ccccc5c4)cccc32)cc1. The fourth-order valence-electron chi connectivity index (χ4n) is 20.2. The van der Waals surface area contributed by atoms with Gasteiger partial charge < -0.3 is 22.8 Å². The largest absolute Gasteiger partial charge is 0.309 e. The molecule has 0 N–H and O–H groups in total. The van der Waals surface area contributed by atoms with Crippen LogP contribution in [0.2, 0.25) is 0 Å². The molecule has 10 heterocycles. The van der Waals surface area contributed by atoms with Gasteiger partial charge in [0, 0.05) is 118 Å². The van der Waals surface area contributed by atoms with Gasteiger partial charge in [-0.15, -0.1) is 0 Å². The summed E-state index contributed by atoms with van der Waals surface area (Å²) in [6, 6.07) is 154. The van der Waals surface area contributed by atoms with E-state index in [4.69, 9.17) is 24.9 Å². The van der Waals surface area contributed by atoms with Gasteiger partial charge in [0.15, 0.2) is 11.6 Å². The third-order valence-electron chi connectivity index (χ3n) is 25.6. The Hall–Kier alpha value is -17.7. The normalized spacial score (nSPS) is 11.7. The Balaban J connectivity index is 0.000000106. The van der Waals surface area contributed by atoms with E-state index in [9.17, 15) is 0 Å². The fourth-order valence-corrected chi connectivity index (χ4v) is 20.2. The molecule has 17 aromatic carbocycles. The van der Waals surface area contributed by atoms with Gasteiger partial charge in [-0.25, -0.2) is 4.98 Å². The monoisotopic (exact) mass is 1660 g/mol. The summed E-state index contributed by atoms with van der Waals surface area (Å²) >= 11 is 0. The highest BCUT2D eigenvalue weighted by Gasteiger charge is 2.27. The van der Waals surface area contributed by atoms with Crippen molar-refractivity contribution in [3.05, 3.63) is 462 Å².